The van der Waals surface area contributed by atoms with Gasteiger partial charge in [0.05, 0.1) is 5.69 Å². The molecule has 0 radical (unpaired) electrons. The molecule has 0 fully saturated rings. The van der Waals surface area contributed by atoms with Gasteiger partial charge in [0.1, 0.15) is 11.4 Å². The molecule has 0 bridgehead atoms. The van der Waals surface area contributed by atoms with E-state index in [1.807, 2.05) is 26.0 Å². The molecule has 1 aromatic heterocycles. The molecule has 1 amide bonds. The van der Waals surface area contributed by atoms with Gasteiger partial charge in [-0.2, -0.15) is 0 Å². The Kier molecular flexibility index (Phi) is 3.05. The Labute approximate surface area is 122 Å². The van der Waals surface area contributed by atoms with E-state index in [9.17, 15) is 9.59 Å². The van der Waals surface area contributed by atoms with E-state index in [4.69, 9.17) is 4.74 Å². The summed E-state index contributed by atoms with van der Waals surface area (Å²) in [6.07, 6.45) is 2.25. The number of carbonyl (C=O) groups is 1. The number of rotatable bonds is 2. The number of carbonyl (C=O) groups excluding carboxylic acids is 1. The normalized spacial score (nSPS) is 15.1. The van der Waals surface area contributed by atoms with Crippen molar-refractivity contribution in [3.05, 3.63) is 58.0 Å². The minimum absolute atomic E-state index is 0.271. The second-order valence-electron chi connectivity index (χ2n) is 5.73. The molecule has 21 heavy (non-hydrogen) atoms. The number of ether oxygens (including phenoxy) is 1. The smallest absolute Gasteiger partial charge is 0.256 e. The van der Waals surface area contributed by atoms with Crippen LogP contribution in [0.5, 0.6) is 5.75 Å². The second-order valence-corrected chi connectivity index (χ2v) is 5.73. The van der Waals surface area contributed by atoms with Crippen molar-refractivity contribution < 1.29 is 9.53 Å². The molecule has 2 heterocycles. The first kappa shape index (κ1) is 13.4. The van der Waals surface area contributed by atoms with Gasteiger partial charge in [-0.25, -0.2) is 0 Å². The molecule has 2 aromatic rings. The van der Waals surface area contributed by atoms with Crippen molar-refractivity contribution >= 4 is 11.6 Å². The van der Waals surface area contributed by atoms with Crippen molar-refractivity contribution in [2.24, 2.45) is 0 Å². The molecule has 1 aliphatic heterocycles. The van der Waals surface area contributed by atoms with Crippen molar-refractivity contribution in [1.82, 2.24) is 4.98 Å². The predicted octanol–water partition coefficient (Wildman–Crippen LogP) is 2.34. The van der Waals surface area contributed by atoms with Gasteiger partial charge in [0.25, 0.3) is 5.91 Å². The molecule has 0 atom stereocenters. The zero-order chi connectivity index (χ0) is 15.0. The summed E-state index contributed by atoms with van der Waals surface area (Å²) in [6.45, 7) is 4.02. The third-order valence-corrected chi connectivity index (χ3v) is 3.38. The van der Waals surface area contributed by atoms with Gasteiger partial charge >= 0.3 is 0 Å². The molecule has 0 spiro atoms. The first-order valence-corrected chi connectivity index (χ1v) is 6.76. The van der Waals surface area contributed by atoms with E-state index in [1.165, 1.54) is 12.3 Å². The Morgan fingerprint density at radius 3 is 2.90 bits per heavy atom. The highest BCUT2D eigenvalue weighted by Crippen LogP contribution is 2.40. The largest absolute Gasteiger partial charge is 0.485 e. The molecular weight excluding hydrogens is 268 g/mol. The van der Waals surface area contributed by atoms with Crippen LogP contribution in [0.2, 0.25) is 0 Å². The molecule has 5 nitrogen and oxygen atoms in total. The maximum Gasteiger partial charge on any atom is 0.256 e. The molecule has 1 aromatic carbocycles. The number of pyridine rings is 1. The lowest BCUT2D eigenvalue weighted by Gasteiger charge is -2.18. The van der Waals surface area contributed by atoms with Crippen LogP contribution in [-0.2, 0) is 6.42 Å². The van der Waals surface area contributed by atoms with Gasteiger partial charge in [0, 0.05) is 29.8 Å². The molecule has 1 aliphatic rings. The summed E-state index contributed by atoms with van der Waals surface area (Å²) in [5.41, 5.74) is 1.44. The number of H-pyrrole nitrogens is 1. The number of nitrogens with one attached hydrogen (secondary N) is 2. The summed E-state index contributed by atoms with van der Waals surface area (Å²) in [6, 6.07) is 8.50. The first-order chi connectivity index (χ1) is 9.94. The molecule has 0 aliphatic carbocycles. The van der Waals surface area contributed by atoms with E-state index in [-0.39, 0.29) is 17.1 Å². The standard InChI is InChI=1S/C16H16N2O3/c1-16(2)9-11-4-3-5-12(14(11)21-16)18-15(20)10-6-7-17-13(19)8-10/h3-8H,9H2,1-2H3,(H,17,19)(H,18,20). The number of hydrogen-bond acceptors (Lipinski definition) is 3. The van der Waals surface area contributed by atoms with Gasteiger partial charge in [-0.1, -0.05) is 12.1 Å². The minimum Gasteiger partial charge on any atom is -0.485 e. The van der Waals surface area contributed by atoms with Gasteiger partial charge in [0.15, 0.2) is 0 Å². The van der Waals surface area contributed by atoms with Gasteiger partial charge in [0.2, 0.25) is 5.56 Å². The molecule has 0 unspecified atom stereocenters. The summed E-state index contributed by atoms with van der Waals surface area (Å²) in [7, 11) is 0. The lowest BCUT2D eigenvalue weighted by molar-refractivity contribution is 0.102. The van der Waals surface area contributed by atoms with Crippen molar-refractivity contribution in [1.29, 1.82) is 0 Å². The van der Waals surface area contributed by atoms with Crippen LogP contribution in [0.3, 0.4) is 0 Å². The summed E-state index contributed by atoms with van der Waals surface area (Å²) < 4.78 is 5.90. The van der Waals surface area contributed by atoms with E-state index in [0.717, 1.165) is 12.0 Å². The highest BCUT2D eigenvalue weighted by atomic mass is 16.5. The lowest BCUT2D eigenvalue weighted by Crippen LogP contribution is -2.25. The number of benzene rings is 1. The molecule has 2 N–H and O–H groups in total. The quantitative estimate of drug-likeness (QED) is 0.889. The predicted molar refractivity (Wildman–Crippen MR) is 79.9 cm³/mol. The van der Waals surface area contributed by atoms with E-state index >= 15 is 0 Å². The minimum atomic E-state index is -0.331. The van der Waals surface area contributed by atoms with Gasteiger partial charge in [-0.05, 0) is 26.0 Å². The van der Waals surface area contributed by atoms with E-state index in [0.29, 0.717) is 17.0 Å². The number of aromatic nitrogens is 1. The average Bonchev–Trinajstić information content (AvgIpc) is 2.74. The van der Waals surface area contributed by atoms with Crippen LogP contribution in [-0.4, -0.2) is 16.5 Å². The Hall–Kier alpha value is -2.56. The van der Waals surface area contributed by atoms with E-state index in [2.05, 4.69) is 10.3 Å². The highest BCUT2D eigenvalue weighted by Gasteiger charge is 2.32. The van der Waals surface area contributed by atoms with Gasteiger partial charge in [-0.15, -0.1) is 0 Å². The maximum atomic E-state index is 12.2. The second kappa shape index (κ2) is 4.77. The van der Waals surface area contributed by atoms with Crippen LogP contribution in [0.25, 0.3) is 0 Å². The molecule has 0 saturated heterocycles. The third kappa shape index (κ3) is 2.67. The Morgan fingerprint density at radius 2 is 2.14 bits per heavy atom. The fraction of sp³-hybridized carbons (Fsp3) is 0.250. The fourth-order valence-corrected chi connectivity index (χ4v) is 2.49. The van der Waals surface area contributed by atoms with Crippen molar-refractivity contribution in [2.45, 2.75) is 25.9 Å². The van der Waals surface area contributed by atoms with Crippen molar-refractivity contribution in [3.8, 4) is 5.75 Å². The third-order valence-electron chi connectivity index (χ3n) is 3.38. The van der Waals surface area contributed by atoms with Gasteiger partial charge in [-0.3, -0.25) is 9.59 Å². The van der Waals surface area contributed by atoms with Crippen molar-refractivity contribution in [3.63, 3.8) is 0 Å². The number of amides is 1. The Balaban J connectivity index is 1.89. The zero-order valence-corrected chi connectivity index (χ0v) is 11.9. The molecular formula is C16H16N2O3. The molecule has 5 heteroatoms. The van der Waals surface area contributed by atoms with Gasteiger partial charge < -0.3 is 15.0 Å². The number of fused-ring (bicyclic) bond motifs is 1. The molecule has 108 valence electrons. The highest BCUT2D eigenvalue weighted by molar-refractivity contribution is 6.05. The number of hydrogen-bond donors (Lipinski definition) is 2. The van der Waals surface area contributed by atoms with E-state index in [1.54, 1.807) is 12.1 Å². The summed E-state index contributed by atoms with van der Waals surface area (Å²) in [5, 5.41) is 2.81. The SMILES string of the molecule is CC1(C)Cc2cccc(NC(=O)c3cc[nH]c(=O)c3)c2O1. The Morgan fingerprint density at radius 1 is 1.33 bits per heavy atom. The lowest BCUT2D eigenvalue weighted by atomic mass is 10.0. The molecule has 3 rings (SSSR count). The van der Waals surface area contributed by atoms with Crippen LogP contribution in [0.15, 0.2) is 41.3 Å². The van der Waals surface area contributed by atoms with Crippen LogP contribution in [0.1, 0.15) is 29.8 Å². The zero-order valence-electron chi connectivity index (χ0n) is 11.9. The summed E-state index contributed by atoms with van der Waals surface area (Å²) >= 11 is 0. The van der Waals surface area contributed by atoms with Crippen LogP contribution in [0.4, 0.5) is 5.69 Å². The van der Waals surface area contributed by atoms with Crippen molar-refractivity contribution in [2.75, 3.05) is 5.32 Å². The number of aromatic amines is 1. The summed E-state index contributed by atoms with van der Waals surface area (Å²) in [5.74, 6) is 0.378. The fourth-order valence-electron chi connectivity index (χ4n) is 2.49. The average molecular weight is 284 g/mol. The Bertz CT molecular complexity index is 762. The van der Waals surface area contributed by atoms with Crippen LogP contribution < -0.4 is 15.6 Å². The monoisotopic (exact) mass is 284 g/mol. The first-order valence-electron chi connectivity index (χ1n) is 6.76. The number of para-hydroxylation sites is 1. The van der Waals surface area contributed by atoms with Crippen LogP contribution >= 0.6 is 0 Å². The summed E-state index contributed by atoms with van der Waals surface area (Å²) in [4.78, 5) is 25.9. The molecule has 0 saturated carbocycles. The topological polar surface area (TPSA) is 71.2 Å². The number of anilines is 1. The maximum absolute atomic E-state index is 12.2. The van der Waals surface area contributed by atoms with E-state index < -0.39 is 0 Å². The van der Waals surface area contributed by atoms with Crippen LogP contribution in [0, 0.1) is 0 Å².